The summed E-state index contributed by atoms with van der Waals surface area (Å²) in [6, 6.07) is 8.25. The van der Waals surface area contributed by atoms with Crippen LogP contribution >= 0.6 is 0 Å². The van der Waals surface area contributed by atoms with Gasteiger partial charge < -0.3 is 10.6 Å². The van der Waals surface area contributed by atoms with E-state index in [1.807, 2.05) is 25.1 Å². The normalized spacial score (nSPS) is 10.3. The molecule has 3 heteroatoms. The van der Waals surface area contributed by atoms with Gasteiger partial charge in [-0.15, -0.1) is 0 Å². The second-order valence-corrected chi connectivity index (χ2v) is 4.76. The van der Waals surface area contributed by atoms with Crippen molar-refractivity contribution < 1.29 is 0 Å². The molecule has 0 aliphatic carbocycles. The standard InChI is InChI=1S/C14H21N3/c1-11(2)10-17(9-5-8-15)13-7-4-6-12(3)14(13)16/h4,6-7,11H,5,9-10,16H2,1-3H3. The van der Waals surface area contributed by atoms with Crippen LogP contribution in [0.15, 0.2) is 18.2 Å². The smallest absolute Gasteiger partial charge is 0.0640 e. The summed E-state index contributed by atoms with van der Waals surface area (Å²) in [6.07, 6.45) is 0.528. The van der Waals surface area contributed by atoms with Gasteiger partial charge in [0.05, 0.1) is 23.9 Å². The summed E-state index contributed by atoms with van der Waals surface area (Å²) in [5, 5.41) is 8.71. The average molecular weight is 231 g/mol. The average Bonchev–Trinajstić information content (AvgIpc) is 2.28. The lowest BCUT2D eigenvalue weighted by atomic mass is 10.1. The Bertz CT molecular complexity index is 404. The van der Waals surface area contributed by atoms with Crippen molar-refractivity contribution >= 4 is 11.4 Å². The van der Waals surface area contributed by atoms with Crippen molar-refractivity contribution in [2.45, 2.75) is 27.2 Å². The zero-order chi connectivity index (χ0) is 12.8. The number of nitrogens with two attached hydrogens (primary N) is 1. The van der Waals surface area contributed by atoms with E-state index in [1.165, 1.54) is 0 Å². The fraction of sp³-hybridized carbons (Fsp3) is 0.500. The Morgan fingerprint density at radius 3 is 2.71 bits per heavy atom. The lowest BCUT2D eigenvalue weighted by molar-refractivity contribution is 0.612. The van der Waals surface area contributed by atoms with Crippen LogP contribution in [0.5, 0.6) is 0 Å². The maximum absolute atomic E-state index is 8.71. The third-order valence-corrected chi connectivity index (χ3v) is 2.72. The van der Waals surface area contributed by atoms with Gasteiger partial charge in [0.15, 0.2) is 0 Å². The minimum absolute atomic E-state index is 0.528. The summed E-state index contributed by atoms with van der Waals surface area (Å²) in [5.74, 6) is 0.550. The molecule has 0 aliphatic rings. The molecular weight excluding hydrogens is 210 g/mol. The van der Waals surface area contributed by atoms with Crippen LogP contribution in [-0.2, 0) is 0 Å². The zero-order valence-corrected chi connectivity index (χ0v) is 10.9. The van der Waals surface area contributed by atoms with E-state index in [1.54, 1.807) is 0 Å². The van der Waals surface area contributed by atoms with E-state index in [2.05, 4.69) is 24.8 Å². The summed E-state index contributed by atoms with van der Waals surface area (Å²) in [4.78, 5) is 2.20. The van der Waals surface area contributed by atoms with Crippen molar-refractivity contribution in [3.8, 4) is 6.07 Å². The first-order valence-electron chi connectivity index (χ1n) is 6.03. The quantitative estimate of drug-likeness (QED) is 0.793. The van der Waals surface area contributed by atoms with Gasteiger partial charge in [-0.05, 0) is 24.5 Å². The zero-order valence-electron chi connectivity index (χ0n) is 10.9. The molecule has 3 nitrogen and oxygen atoms in total. The highest BCUT2D eigenvalue weighted by Crippen LogP contribution is 2.26. The molecule has 0 spiro atoms. The van der Waals surface area contributed by atoms with Crippen molar-refractivity contribution in [3.63, 3.8) is 0 Å². The molecule has 0 heterocycles. The van der Waals surface area contributed by atoms with E-state index in [9.17, 15) is 0 Å². The van der Waals surface area contributed by atoms with Gasteiger partial charge >= 0.3 is 0 Å². The van der Waals surface area contributed by atoms with E-state index in [0.29, 0.717) is 12.3 Å². The molecule has 1 aromatic rings. The summed E-state index contributed by atoms with van der Waals surface area (Å²) in [5.41, 5.74) is 9.07. The van der Waals surface area contributed by atoms with Crippen LogP contribution in [0.3, 0.4) is 0 Å². The fourth-order valence-corrected chi connectivity index (χ4v) is 1.88. The Morgan fingerprint density at radius 2 is 2.12 bits per heavy atom. The molecule has 0 radical (unpaired) electrons. The van der Waals surface area contributed by atoms with Gasteiger partial charge in [0.25, 0.3) is 0 Å². The van der Waals surface area contributed by atoms with Crippen molar-refractivity contribution in [1.29, 1.82) is 5.26 Å². The predicted octanol–water partition coefficient (Wildman–Crippen LogP) is 2.95. The third-order valence-electron chi connectivity index (χ3n) is 2.72. The molecule has 0 bridgehead atoms. The molecule has 1 rings (SSSR count). The predicted molar refractivity (Wildman–Crippen MR) is 72.9 cm³/mol. The summed E-state index contributed by atoms with van der Waals surface area (Å²) < 4.78 is 0. The lowest BCUT2D eigenvalue weighted by Gasteiger charge is -2.27. The van der Waals surface area contributed by atoms with Gasteiger partial charge in [-0.1, -0.05) is 26.0 Å². The van der Waals surface area contributed by atoms with E-state index in [4.69, 9.17) is 11.0 Å². The molecular formula is C14H21N3. The molecule has 0 fully saturated rings. The third kappa shape index (κ3) is 3.67. The molecule has 0 saturated heterocycles. The first-order valence-corrected chi connectivity index (χ1v) is 6.03. The van der Waals surface area contributed by atoms with Gasteiger partial charge in [0.2, 0.25) is 0 Å². The number of aryl methyl sites for hydroxylation is 1. The number of hydrogen-bond acceptors (Lipinski definition) is 3. The second kappa shape index (κ2) is 6.15. The van der Waals surface area contributed by atoms with Gasteiger partial charge in [0, 0.05) is 13.1 Å². The van der Waals surface area contributed by atoms with Crippen LogP contribution < -0.4 is 10.6 Å². The van der Waals surface area contributed by atoms with Gasteiger partial charge in [-0.25, -0.2) is 0 Å². The number of hydrogen-bond donors (Lipinski definition) is 1. The number of nitrogen functional groups attached to an aromatic ring is 1. The van der Waals surface area contributed by atoms with E-state index >= 15 is 0 Å². The maximum Gasteiger partial charge on any atom is 0.0640 e. The minimum atomic E-state index is 0.528. The second-order valence-electron chi connectivity index (χ2n) is 4.76. The van der Waals surface area contributed by atoms with Crippen LogP contribution in [0, 0.1) is 24.2 Å². The molecule has 0 aromatic heterocycles. The summed E-state index contributed by atoms with van der Waals surface area (Å²) in [6.45, 7) is 8.02. The Balaban J connectivity index is 2.95. The van der Waals surface area contributed by atoms with Crippen LogP contribution in [0.25, 0.3) is 0 Å². The SMILES string of the molecule is Cc1cccc(N(CCC#N)CC(C)C)c1N. The number of benzene rings is 1. The highest BCUT2D eigenvalue weighted by atomic mass is 15.1. The first-order chi connectivity index (χ1) is 8.06. The minimum Gasteiger partial charge on any atom is -0.397 e. The molecule has 17 heavy (non-hydrogen) atoms. The van der Waals surface area contributed by atoms with Crippen LogP contribution in [-0.4, -0.2) is 13.1 Å². The molecule has 0 amide bonds. The van der Waals surface area contributed by atoms with Crippen molar-refractivity contribution in [3.05, 3.63) is 23.8 Å². The van der Waals surface area contributed by atoms with E-state index < -0.39 is 0 Å². The first kappa shape index (κ1) is 13.4. The molecule has 2 N–H and O–H groups in total. The Labute approximate surface area is 104 Å². The Morgan fingerprint density at radius 1 is 1.41 bits per heavy atom. The molecule has 0 unspecified atom stereocenters. The number of nitrogens with zero attached hydrogens (tertiary/aromatic N) is 2. The topological polar surface area (TPSA) is 53.0 Å². The van der Waals surface area contributed by atoms with E-state index in [0.717, 1.165) is 30.0 Å². The van der Waals surface area contributed by atoms with Gasteiger partial charge in [0.1, 0.15) is 0 Å². The monoisotopic (exact) mass is 231 g/mol. The Hall–Kier alpha value is -1.69. The number of nitriles is 1. The number of anilines is 2. The molecule has 0 aliphatic heterocycles. The van der Waals surface area contributed by atoms with E-state index in [-0.39, 0.29) is 0 Å². The largest absolute Gasteiger partial charge is 0.397 e. The van der Waals surface area contributed by atoms with Crippen LogP contribution in [0.1, 0.15) is 25.8 Å². The molecule has 1 aromatic carbocycles. The van der Waals surface area contributed by atoms with Gasteiger partial charge in [-0.2, -0.15) is 5.26 Å². The molecule has 92 valence electrons. The fourth-order valence-electron chi connectivity index (χ4n) is 1.88. The molecule has 0 saturated carbocycles. The Kier molecular flexibility index (Phi) is 4.84. The number of rotatable bonds is 5. The number of para-hydroxylation sites is 1. The highest BCUT2D eigenvalue weighted by molar-refractivity contribution is 5.70. The van der Waals surface area contributed by atoms with Crippen LogP contribution in [0.2, 0.25) is 0 Å². The van der Waals surface area contributed by atoms with Crippen molar-refractivity contribution in [1.82, 2.24) is 0 Å². The van der Waals surface area contributed by atoms with Crippen molar-refractivity contribution in [2.24, 2.45) is 5.92 Å². The lowest BCUT2D eigenvalue weighted by Crippen LogP contribution is -2.29. The van der Waals surface area contributed by atoms with Gasteiger partial charge in [-0.3, -0.25) is 0 Å². The highest BCUT2D eigenvalue weighted by Gasteiger charge is 2.12. The van der Waals surface area contributed by atoms with Crippen LogP contribution in [0.4, 0.5) is 11.4 Å². The maximum atomic E-state index is 8.71. The van der Waals surface area contributed by atoms with Crippen molar-refractivity contribution in [2.75, 3.05) is 23.7 Å². The summed E-state index contributed by atoms with van der Waals surface area (Å²) in [7, 11) is 0. The molecule has 0 atom stereocenters. The summed E-state index contributed by atoms with van der Waals surface area (Å²) >= 11 is 0.